The van der Waals surface area contributed by atoms with Crippen LogP contribution in [0.15, 0.2) is 145 Å². The number of carboxylic acids is 1. The summed E-state index contributed by atoms with van der Waals surface area (Å²) >= 11 is 0. The molecule has 5 aromatic rings. The summed E-state index contributed by atoms with van der Waals surface area (Å²) in [5.41, 5.74) is 6.92. The largest absolute Gasteiger partial charge is 0.508 e. The van der Waals surface area contributed by atoms with Crippen molar-refractivity contribution in [2.45, 2.75) is 66.2 Å². The summed E-state index contributed by atoms with van der Waals surface area (Å²) in [6, 6.07) is 32.9. The summed E-state index contributed by atoms with van der Waals surface area (Å²) in [5, 5.41) is 38.8. The lowest BCUT2D eigenvalue weighted by Crippen LogP contribution is -2.29. The van der Waals surface area contributed by atoms with E-state index in [4.69, 9.17) is 0 Å². The molecule has 0 saturated carbocycles. The Morgan fingerprint density at radius 1 is 0.593 bits per heavy atom. The van der Waals surface area contributed by atoms with E-state index in [1.165, 1.54) is 6.08 Å². The minimum absolute atomic E-state index is 0.101. The number of allylic oxidation sites excluding steroid dienone is 5. The van der Waals surface area contributed by atoms with Crippen LogP contribution in [-0.4, -0.2) is 44.1 Å². The molecule has 0 fully saturated rings. The number of ketones is 1. The van der Waals surface area contributed by atoms with Crippen LogP contribution in [0.1, 0.15) is 114 Å². The van der Waals surface area contributed by atoms with E-state index in [0.29, 0.717) is 16.7 Å². The van der Waals surface area contributed by atoms with Crippen LogP contribution in [-0.2, 0) is 20.4 Å². The maximum Gasteiger partial charge on any atom is 0.346 e. The van der Waals surface area contributed by atoms with Crippen molar-refractivity contribution in [2.24, 2.45) is 0 Å². The number of benzene rings is 5. The van der Waals surface area contributed by atoms with E-state index in [1.54, 1.807) is 97.1 Å². The molecule has 3 aliphatic rings. The summed E-state index contributed by atoms with van der Waals surface area (Å²) in [6.45, 7) is 16.1. The summed E-state index contributed by atoms with van der Waals surface area (Å²) < 4.78 is 4.35. The number of aromatic hydroxyl groups is 3. The van der Waals surface area contributed by atoms with Crippen molar-refractivity contribution >= 4 is 29.3 Å². The lowest BCUT2D eigenvalue weighted by Gasteiger charge is -2.39. The third-order valence-corrected chi connectivity index (χ3v) is 9.99. The number of rotatable bonds is 4. The van der Waals surface area contributed by atoms with Gasteiger partial charge in [-0.3, -0.25) is 4.79 Å². The van der Waals surface area contributed by atoms with Crippen molar-refractivity contribution in [1.82, 2.24) is 0 Å². The number of hydrogen-bond donors (Lipinski definition) is 4. The average Bonchev–Trinajstić information content (AvgIpc) is 3.53. The van der Waals surface area contributed by atoms with E-state index in [2.05, 4.69) is 18.6 Å². The van der Waals surface area contributed by atoms with Gasteiger partial charge >= 0.3 is 17.9 Å². The Morgan fingerprint density at radius 3 is 1.59 bits per heavy atom. The molecule has 0 unspecified atom stereocenters. The number of cyclic esters (lactones) is 2. The van der Waals surface area contributed by atoms with Crippen molar-refractivity contribution in [1.29, 1.82) is 0 Å². The maximum atomic E-state index is 12.1. The first kappa shape index (κ1) is 44.7. The predicted octanol–water partition coefficient (Wildman–Crippen LogP) is 10.7. The summed E-state index contributed by atoms with van der Waals surface area (Å²) in [7, 11) is 0. The molecule has 9 nitrogen and oxygen atoms in total. The molecule has 0 radical (unpaired) electrons. The number of aromatic carboxylic acids is 1. The number of esters is 2. The smallest absolute Gasteiger partial charge is 0.346 e. The molecule has 4 N–H and O–H groups in total. The second kappa shape index (κ2) is 19.0. The van der Waals surface area contributed by atoms with Gasteiger partial charge in [0.15, 0.2) is 5.78 Å². The molecule has 2 aliphatic carbocycles. The zero-order valence-electron chi connectivity index (χ0n) is 34.5. The normalized spacial score (nSPS) is 14.1. The van der Waals surface area contributed by atoms with E-state index < -0.39 is 23.3 Å². The van der Waals surface area contributed by atoms with Gasteiger partial charge in [0.25, 0.3) is 0 Å². The van der Waals surface area contributed by atoms with Crippen LogP contribution in [0.4, 0.5) is 0 Å². The van der Waals surface area contributed by atoms with Gasteiger partial charge in [0.05, 0.1) is 16.7 Å². The first-order chi connectivity index (χ1) is 28.1. The summed E-state index contributed by atoms with van der Waals surface area (Å²) in [5.74, 6) is -1.56. The van der Waals surface area contributed by atoms with Crippen LogP contribution in [0.3, 0.4) is 0 Å². The predicted molar refractivity (Wildman–Crippen MR) is 230 cm³/mol. The minimum Gasteiger partial charge on any atom is -0.508 e. The van der Waals surface area contributed by atoms with Crippen LogP contribution >= 0.6 is 0 Å². The summed E-state index contributed by atoms with van der Waals surface area (Å²) in [4.78, 5) is 45.6. The molecule has 5 aromatic carbocycles. The van der Waals surface area contributed by atoms with Gasteiger partial charge in [-0.1, -0.05) is 122 Å². The average molecular weight is 795 g/mol. The SMILES string of the molecule is CC.CC.CC(C)(c1cccc(O)c1)c1cccc(O)c1.CC1(C)C2=CC(=O)C=CC2=C(c2ccccc2C(=O)O)c2ccc(O)cc21.O=C1OC(=O)c2ccccc21. The molecule has 8 rings (SSSR count). The van der Waals surface area contributed by atoms with Crippen molar-refractivity contribution in [3.8, 4) is 17.2 Å². The van der Waals surface area contributed by atoms with Gasteiger partial charge in [0.2, 0.25) is 0 Å². The van der Waals surface area contributed by atoms with Gasteiger partial charge in [-0.15, -0.1) is 0 Å². The molecule has 0 bridgehead atoms. The Kier molecular flexibility index (Phi) is 14.4. The molecule has 0 amide bonds. The van der Waals surface area contributed by atoms with Crippen LogP contribution in [0.5, 0.6) is 17.2 Å². The van der Waals surface area contributed by atoms with Crippen molar-refractivity contribution in [2.75, 3.05) is 0 Å². The first-order valence-corrected chi connectivity index (χ1v) is 19.4. The highest BCUT2D eigenvalue weighted by Gasteiger charge is 2.39. The van der Waals surface area contributed by atoms with Gasteiger partial charge in [-0.25, -0.2) is 14.4 Å². The molecule has 9 heteroatoms. The third kappa shape index (κ3) is 9.59. The topological polar surface area (TPSA) is 158 Å². The number of phenols is 3. The van der Waals surface area contributed by atoms with E-state index >= 15 is 0 Å². The number of carboxylic acid groups (broad SMARTS) is 1. The van der Waals surface area contributed by atoms with E-state index in [1.807, 2.05) is 71.9 Å². The molecule has 0 spiro atoms. The number of ether oxygens (including phenoxy) is 1. The molecule has 304 valence electrons. The van der Waals surface area contributed by atoms with Crippen molar-refractivity contribution in [3.63, 3.8) is 0 Å². The van der Waals surface area contributed by atoms with Crippen LogP contribution in [0.2, 0.25) is 0 Å². The highest BCUT2D eigenvalue weighted by atomic mass is 16.6. The lowest BCUT2D eigenvalue weighted by molar-refractivity contribution is -0.110. The fourth-order valence-corrected chi connectivity index (χ4v) is 6.98. The fourth-order valence-electron chi connectivity index (χ4n) is 6.98. The molecule has 0 aromatic heterocycles. The molecular formula is C50H50O9. The Labute approximate surface area is 345 Å². The van der Waals surface area contributed by atoms with Gasteiger partial charge in [-0.2, -0.15) is 0 Å². The van der Waals surface area contributed by atoms with Gasteiger partial charge < -0.3 is 25.2 Å². The number of fused-ring (bicyclic) bond motifs is 3. The standard InChI is InChI=1S/C23H18O4.C15H16O2.C8H4O3.2C2H6/c1-23(2)19-11-13(24)7-9-17(19)21(18-10-8-14(25)12-20(18)23)15-5-3-4-6-16(15)22(26)27;1-15(2,11-5-3-7-13(16)9-11)12-6-4-8-14(17)10-12;9-7-5-3-1-2-4-6(5)8(10)11-7;2*1-2/h3-12,24H,1-2H3,(H,26,27);3-10,16-17H,1-2H3;1-4H;2*1-2H3. The number of carbonyl (C=O) groups is 4. The number of carbonyl (C=O) groups excluding carboxylic acids is 3. The molecular weight excluding hydrogens is 745 g/mol. The number of phenolic OH excluding ortho intramolecular Hbond substituents is 3. The fraction of sp³-hybridized carbons (Fsp3) is 0.200. The van der Waals surface area contributed by atoms with Gasteiger partial charge in [0.1, 0.15) is 17.2 Å². The Balaban J connectivity index is 0.000000205. The lowest BCUT2D eigenvalue weighted by atomic mass is 9.64. The van der Waals surface area contributed by atoms with Crippen molar-refractivity contribution < 1.29 is 44.3 Å². The second-order valence-corrected chi connectivity index (χ2v) is 14.2. The number of hydrogen-bond acceptors (Lipinski definition) is 8. The molecule has 0 saturated heterocycles. The highest BCUT2D eigenvalue weighted by Crippen LogP contribution is 2.50. The van der Waals surface area contributed by atoms with E-state index in [0.717, 1.165) is 39.0 Å². The van der Waals surface area contributed by atoms with Gasteiger partial charge in [-0.05, 0) is 111 Å². The quantitative estimate of drug-likeness (QED) is 0.103. The van der Waals surface area contributed by atoms with Crippen LogP contribution in [0.25, 0.3) is 5.57 Å². The van der Waals surface area contributed by atoms with Crippen LogP contribution < -0.4 is 0 Å². The maximum absolute atomic E-state index is 12.1. The Hall–Kier alpha value is -7.00. The van der Waals surface area contributed by atoms with E-state index in [9.17, 15) is 39.6 Å². The zero-order chi connectivity index (χ0) is 43.7. The Bertz CT molecular complexity index is 2400. The Morgan fingerprint density at radius 2 is 1.08 bits per heavy atom. The molecule has 1 aliphatic heterocycles. The third-order valence-electron chi connectivity index (χ3n) is 9.99. The monoisotopic (exact) mass is 794 g/mol. The molecule has 59 heavy (non-hydrogen) atoms. The zero-order valence-corrected chi connectivity index (χ0v) is 34.5. The van der Waals surface area contributed by atoms with Gasteiger partial charge in [0, 0.05) is 10.8 Å². The van der Waals surface area contributed by atoms with Crippen LogP contribution in [0, 0.1) is 0 Å². The summed E-state index contributed by atoms with van der Waals surface area (Å²) in [6.07, 6.45) is 4.87. The first-order valence-electron chi connectivity index (χ1n) is 19.4. The molecule has 1 heterocycles. The highest BCUT2D eigenvalue weighted by molar-refractivity contribution is 6.14. The van der Waals surface area contributed by atoms with E-state index in [-0.39, 0.29) is 34.0 Å². The molecule has 0 atom stereocenters. The second-order valence-electron chi connectivity index (χ2n) is 14.2. The minimum atomic E-state index is -1.01. The van der Waals surface area contributed by atoms with Crippen molar-refractivity contribution in [3.05, 3.63) is 189 Å².